The molecule has 1 N–H and O–H groups in total. The van der Waals surface area contributed by atoms with Crippen molar-refractivity contribution in [1.29, 1.82) is 0 Å². The van der Waals surface area contributed by atoms with Crippen LogP contribution in [0.25, 0.3) is 17.1 Å². The third-order valence-corrected chi connectivity index (χ3v) is 6.52. The second-order valence-corrected chi connectivity index (χ2v) is 9.09. The number of aryl methyl sites for hydroxylation is 2. The molecular weight excluding hydrogens is 444 g/mol. The van der Waals surface area contributed by atoms with Crippen molar-refractivity contribution in [3.8, 4) is 17.1 Å². The number of nitrogens with one attached hydrogen (secondary N) is 1. The maximum atomic E-state index is 13.5. The molecule has 1 amide bonds. The van der Waals surface area contributed by atoms with E-state index in [1.165, 1.54) is 11.1 Å². The van der Waals surface area contributed by atoms with Crippen LogP contribution in [0, 0.1) is 6.92 Å². The van der Waals surface area contributed by atoms with Crippen LogP contribution in [0.15, 0.2) is 109 Å². The van der Waals surface area contributed by atoms with E-state index in [4.69, 9.17) is 5.10 Å². The van der Waals surface area contributed by atoms with E-state index in [0.29, 0.717) is 12.2 Å². The number of carbonyl (C=O) groups is 1. The van der Waals surface area contributed by atoms with E-state index in [0.717, 1.165) is 29.1 Å². The summed E-state index contributed by atoms with van der Waals surface area (Å²) in [5, 5.41) is 7.98. The predicted molar refractivity (Wildman–Crippen MR) is 144 cm³/mol. The van der Waals surface area contributed by atoms with Gasteiger partial charge in [0.2, 0.25) is 0 Å². The normalized spacial score (nSPS) is 11.1. The molecule has 0 aliphatic rings. The van der Waals surface area contributed by atoms with Crippen LogP contribution in [-0.2, 0) is 7.05 Å². The molecule has 0 fully saturated rings. The minimum Gasteiger partial charge on any atom is -0.351 e. The molecular formula is C31H30N4O. The Bertz CT molecular complexity index is 1410. The van der Waals surface area contributed by atoms with Crippen LogP contribution in [0.1, 0.15) is 39.5 Å². The number of aromatic nitrogens is 3. The Hall–Kier alpha value is -4.38. The van der Waals surface area contributed by atoms with Crippen molar-refractivity contribution in [3.63, 3.8) is 0 Å². The lowest BCUT2D eigenvalue weighted by molar-refractivity contribution is 0.0945. The summed E-state index contributed by atoms with van der Waals surface area (Å²) in [5.74, 6) is 0.0673. The predicted octanol–water partition coefficient (Wildman–Crippen LogP) is 6.14. The fraction of sp³-hybridized carbons (Fsp3) is 0.161. The number of rotatable bonds is 8. The lowest BCUT2D eigenvalue weighted by atomic mass is 9.88. The van der Waals surface area contributed by atoms with Crippen molar-refractivity contribution in [3.05, 3.63) is 132 Å². The van der Waals surface area contributed by atoms with Gasteiger partial charge in [0.1, 0.15) is 11.4 Å². The van der Waals surface area contributed by atoms with Crippen molar-refractivity contribution in [2.45, 2.75) is 19.3 Å². The molecule has 0 radical (unpaired) electrons. The van der Waals surface area contributed by atoms with Gasteiger partial charge >= 0.3 is 0 Å². The highest BCUT2D eigenvalue weighted by molar-refractivity contribution is 5.94. The second kappa shape index (κ2) is 10.5. The fourth-order valence-corrected chi connectivity index (χ4v) is 4.67. The second-order valence-electron chi connectivity index (χ2n) is 9.09. The van der Waals surface area contributed by atoms with Gasteiger partial charge in [0.05, 0.1) is 11.4 Å². The van der Waals surface area contributed by atoms with Gasteiger partial charge in [-0.1, -0.05) is 72.8 Å². The lowest BCUT2D eigenvalue weighted by Crippen LogP contribution is -2.28. The molecule has 0 saturated carbocycles. The maximum Gasteiger partial charge on any atom is 0.270 e. The van der Waals surface area contributed by atoms with Crippen LogP contribution in [0.3, 0.4) is 0 Å². The Labute approximate surface area is 212 Å². The van der Waals surface area contributed by atoms with Gasteiger partial charge in [-0.05, 0) is 60.4 Å². The first-order valence-electron chi connectivity index (χ1n) is 12.3. The van der Waals surface area contributed by atoms with Gasteiger partial charge in [0, 0.05) is 25.7 Å². The molecule has 0 saturated heterocycles. The first-order valence-corrected chi connectivity index (χ1v) is 12.3. The largest absolute Gasteiger partial charge is 0.351 e. The average Bonchev–Trinajstić information content (AvgIpc) is 3.54. The van der Waals surface area contributed by atoms with Crippen LogP contribution in [0.5, 0.6) is 0 Å². The van der Waals surface area contributed by atoms with Gasteiger partial charge < -0.3 is 9.88 Å². The van der Waals surface area contributed by atoms with Gasteiger partial charge in [-0.25, -0.2) is 4.68 Å². The molecule has 5 rings (SSSR count). The van der Waals surface area contributed by atoms with Crippen LogP contribution < -0.4 is 5.32 Å². The summed E-state index contributed by atoms with van der Waals surface area (Å²) in [6.45, 7) is 2.59. The average molecular weight is 475 g/mol. The smallest absolute Gasteiger partial charge is 0.270 e. The van der Waals surface area contributed by atoms with E-state index in [9.17, 15) is 4.79 Å². The summed E-state index contributed by atoms with van der Waals surface area (Å²) in [6.07, 6.45) is 2.77. The summed E-state index contributed by atoms with van der Waals surface area (Å²) in [4.78, 5) is 13.5. The molecule has 5 heteroatoms. The third-order valence-electron chi connectivity index (χ3n) is 6.52. The minimum absolute atomic E-state index is 0.135. The van der Waals surface area contributed by atoms with E-state index in [-0.39, 0.29) is 11.8 Å². The zero-order chi connectivity index (χ0) is 24.9. The summed E-state index contributed by atoms with van der Waals surface area (Å²) >= 11 is 0. The number of benzene rings is 3. The quantitative estimate of drug-likeness (QED) is 0.294. The monoisotopic (exact) mass is 474 g/mol. The number of amides is 1. The number of hydrogen-bond acceptors (Lipinski definition) is 2. The molecule has 0 aliphatic heterocycles. The standard InChI is InChI=1S/C31H30N4O/c1-23-11-9-16-26(21-23)35-30(22-28(33-35)29-17-10-20-34(29)2)31(36)32-19-18-27(24-12-5-3-6-13-24)25-14-7-4-8-15-25/h3-17,20-22,27H,18-19H2,1-2H3,(H,32,36). The Morgan fingerprint density at radius 2 is 1.56 bits per heavy atom. The Morgan fingerprint density at radius 3 is 2.17 bits per heavy atom. The molecule has 2 heterocycles. The van der Waals surface area contributed by atoms with Crippen LogP contribution in [0.4, 0.5) is 0 Å². The summed E-state index contributed by atoms with van der Waals surface area (Å²) < 4.78 is 3.76. The molecule has 0 bridgehead atoms. The molecule has 0 aliphatic carbocycles. The van der Waals surface area contributed by atoms with Crippen LogP contribution in [-0.4, -0.2) is 26.8 Å². The third kappa shape index (κ3) is 5.01. The van der Waals surface area contributed by atoms with Gasteiger partial charge in [-0.2, -0.15) is 5.10 Å². The van der Waals surface area contributed by atoms with Crippen LogP contribution >= 0.6 is 0 Å². The molecule has 3 aromatic carbocycles. The zero-order valence-electron chi connectivity index (χ0n) is 20.6. The molecule has 0 unspecified atom stereocenters. The van der Waals surface area contributed by atoms with Gasteiger partial charge in [-0.3, -0.25) is 4.79 Å². The lowest BCUT2D eigenvalue weighted by Gasteiger charge is -2.18. The molecule has 0 spiro atoms. The summed E-state index contributed by atoms with van der Waals surface area (Å²) in [5.41, 5.74) is 6.72. The fourth-order valence-electron chi connectivity index (χ4n) is 4.67. The number of hydrogen-bond donors (Lipinski definition) is 1. The topological polar surface area (TPSA) is 51.9 Å². The Morgan fingerprint density at radius 1 is 0.861 bits per heavy atom. The van der Waals surface area contributed by atoms with Crippen molar-refractivity contribution in [2.24, 2.45) is 7.05 Å². The first-order chi connectivity index (χ1) is 17.6. The number of nitrogens with zero attached hydrogens (tertiary/aromatic N) is 3. The van der Waals surface area contributed by atoms with Crippen molar-refractivity contribution in [1.82, 2.24) is 19.7 Å². The summed E-state index contributed by atoms with van der Waals surface area (Å²) in [6, 6.07) is 34.8. The Balaban J connectivity index is 1.40. The molecule has 5 nitrogen and oxygen atoms in total. The maximum absolute atomic E-state index is 13.5. The van der Waals surface area contributed by atoms with Gasteiger partial charge in [0.25, 0.3) is 5.91 Å². The van der Waals surface area contributed by atoms with Crippen molar-refractivity contribution >= 4 is 5.91 Å². The van der Waals surface area contributed by atoms with E-state index in [1.54, 1.807) is 4.68 Å². The van der Waals surface area contributed by atoms with Crippen molar-refractivity contribution in [2.75, 3.05) is 6.54 Å². The highest BCUT2D eigenvalue weighted by Gasteiger charge is 2.20. The van der Waals surface area contributed by atoms with Crippen molar-refractivity contribution < 1.29 is 4.79 Å². The molecule has 0 atom stereocenters. The molecule has 5 aromatic rings. The van der Waals surface area contributed by atoms with E-state index in [1.807, 2.05) is 79.3 Å². The Kier molecular flexibility index (Phi) is 6.80. The van der Waals surface area contributed by atoms with Crippen LogP contribution in [0.2, 0.25) is 0 Å². The highest BCUT2D eigenvalue weighted by Crippen LogP contribution is 2.28. The molecule has 36 heavy (non-hydrogen) atoms. The van der Waals surface area contributed by atoms with E-state index in [2.05, 4.69) is 53.8 Å². The first kappa shape index (κ1) is 23.4. The minimum atomic E-state index is -0.135. The molecule has 2 aromatic heterocycles. The van der Waals surface area contributed by atoms with E-state index >= 15 is 0 Å². The zero-order valence-corrected chi connectivity index (χ0v) is 20.6. The van der Waals surface area contributed by atoms with Gasteiger partial charge in [-0.15, -0.1) is 0 Å². The summed E-state index contributed by atoms with van der Waals surface area (Å²) in [7, 11) is 1.98. The van der Waals surface area contributed by atoms with E-state index < -0.39 is 0 Å². The molecule has 180 valence electrons. The highest BCUT2D eigenvalue weighted by atomic mass is 16.2. The van der Waals surface area contributed by atoms with Gasteiger partial charge in [0.15, 0.2) is 0 Å². The SMILES string of the molecule is Cc1cccc(-n2nc(-c3cccn3C)cc2C(=O)NCCC(c2ccccc2)c2ccccc2)c1. The number of carbonyl (C=O) groups excluding carboxylic acids is 1.